The number of rotatable bonds is 3. The molecule has 0 spiro atoms. The molecule has 17 heavy (non-hydrogen) atoms. The van der Waals surface area contributed by atoms with Gasteiger partial charge in [-0.3, -0.25) is 19.0 Å². The summed E-state index contributed by atoms with van der Waals surface area (Å²) in [6.45, 7) is 3.07. The Morgan fingerprint density at radius 3 is 2.82 bits per heavy atom. The third kappa shape index (κ3) is 2.27. The molecule has 0 aliphatic carbocycles. The average molecular weight is 235 g/mol. The zero-order valence-corrected chi connectivity index (χ0v) is 9.38. The largest absolute Gasteiger partial charge is 0.393 e. The van der Waals surface area contributed by atoms with Crippen molar-refractivity contribution in [1.82, 2.24) is 19.3 Å². The highest BCUT2D eigenvalue weighted by molar-refractivity contribution is 5.30. The smallest absolute Gasteiger partial charge is 0.328 e. The van der Waals surface area contributed by atoms with Crippen molar-refractivity contribution in [2.75, 3.05) is 5.73 Å². The maximum absolute atomic E-state index is 11.5. The van der Waals surface area contributed by atoms with Crippen LogP contribution >= 0.6 is 0 Å². The Labute approximate surface area is 96.5 Å². The van der Waals surface area contributed by atoms with Gasteiger partial charge < -0.3 is 5.73 Å². The Kier molecular flexibility index (Phi) is 2.82. The quantitative estimate of drug-likeness (QED) is 0.740. The number of nitrogen functional groups attached to an aromatic ring is 1. The van der Waals surface area contributed by atoms with Gasteiger partial charge >= 0.3 is 5.69 Å². The van der Waals surface area contributed by atoms with E-state index in [1.807, 2.05) is 13.1 Å². The lowest BCUT2D eigenvalue weighted by atomic mass is 10.3. The van der Waals surface area contributed by atoms with E-state index in [2.05, 4.69) is 10.1 Å². The second-order valence-electron chi connectivity index (χ2n) is 3.68. The lowest BCUT2D eigenvalue weighted by molar-refractivity contribution is 0.657. The minimum absolute atomic E-state index is 0.0208. The van der Waals surface area contributed by atoms with Crippen LogP contribution in [-0.2, 0) is 13.1 Å². The number of nitrogens with zero attached hydrogens (tertiary/aromatic N) is 3. The molecule has 0 aromatic carbocycles. The number of aryl methyl sites for hydroxylation is 1. The second-order valence-corrected chi connectivity index (χ2v) is 3.68. The molecule has 2 aromatic rings. The van der Waals surface area contributed by atoms with Crippen molar-refractivity contribution in [2.24, 2.45) is 0 Å². The van der Waals surface area contributed by atoms with Crippen molar-refractivity contribution in [3.8, 4) is 0 Å². The van der Waals surface area contributed by atoms with Crippen LogP contribution in [-0.4, -0.2) is 19.3 Å². The van der Waals surface area contributed by atoms with Crippen LogP contribution < -0.4 is 17.0 Å². The van der Waals surface area contributed by atoms with Gasteiger partial charge in [0.25, 0.3) is 5.56 Å². The summed E-state index contributed by atoms with van der Waals surface area (Å²) in [7, 11) is 0. The zero-order chi connectivity index (χ0) is 12.4. The van der Waals surface area contributed by atoms with E-state index in [-0.39, 0.29) is 5.69 Å². The fourth-order valence-electron chi connectivity index (χ4n) is 1.50. The number of hydrogen-bond donors (Lipinski definition) is 2. The molecule has 0 bridgehead atoms. The molecule has 90 valence electrons. The van der Waals surface area contributed by atoms with Gasteiger partial charge in [0.2, 0.25) is 0 Å². The van der Waals surface area contributed by atoms with Crippen molar-refractivity contribution < 1.29 is 0 Å². The number of nitrogens with one attached hydrogen (secondary N) is 1. The number of aromatic nitrogens is 4. The first kappa shape index (κ1) is 11.2. The van der Waals surface area contributed by atoms with E-state index in [0.717, 1.165) is 12.1 Å². The van der Waals surface area contributed by atoms with E-state index < -0.39 is 11.2 Å². The van der Waals surface area contributed by atoms with Crippen LogP contribution in [0.25, 0.3) is 0 Å². The van der Waals surface area contributed by atoms with Crippen molar-refractivity contribution >= 4 is 5.69 Å². The van der Waals surface area contributed by atoms with Gasteiger partial charge in [-0.05, 0) is 6.92 Å². The molecule has 0 fully saturated rings. The standard InChI is InChI=1S/C10H13N5O2/c1-2-15-5-7(3-12-15)4-14-6-8(11)9(16)13-10(14)17/h3,5-6H,2,4,11H2,1H3,(H,13,16,17). The maximum Gasteiger partial charge on any atom is 0.328 e. The van der Waals surface area contributed by atoms with Crippen LogP contribution in [0.4, 0.5) is 5.69 Å². The fourth-order valence-corrected chi connectivity index (χ4v) is 1.50. The summed E-state index contributed by atoms with van der Waals surface area (Å²) in [6, 6.07) is 0. The lowest BCUT2D eigenvalue weighted by Crippen LogP contribution is -2.31. The van der Waals surface area contributed by atoms with E-state index in [9.17, 15) is 9.59 Å². The number of anilines is 1. The first-order chi connectivity index (χ1) is 8.10. The molecule has 2 heterocycles. The number of hydrogen-bond acceptors (Lipinski definition) is 4. The Morgan fingerprint density at radius 2 is 2.18 bits per heavy atom. The van der Waals surface area contributed by atoms with Crippen molar-refractivity contribution in [3.05, 3.63) is 45.0 Å². The van der Waals surface area contributed by atoms with Crippen LogP contribution in [0.2, 0.25) is 0 Å². The molecular formula is C10H13N5O2. The van der Waals surface area contributed by atoms with Crippen molar-refractivity contribution in [1.29, 1.82) is 0 Å². The average Bonchev–Trinajstić information content (AvgIpc) is 2.73. The molecule has 3 N–H and O–H groups in total. The molecule has 0 saturated heterocycles. The highest BCUT2D eigenvalue weighted by atomic mass is 16.2. The number of aromatic amines is 1. The normalized spacial score (nSPS) is 10.6. The number of nitrogens with two attached hydrogens (primary N) is 1. The summed E-state index contributed by atoms with van der Waals surface area (Å²) < 4.78 is 3.10. The van der Waals surface area contributed by atoms with E-state index in [1.54, 1.807) is 10.9 Å². The number of H-pyrrole nitrogens is 1. The minimum Gasteiger partial charge on any atom is -0.393 e. The molecule has 2 rings (SSSR count). The first-order valence-electron chi connectivity index (χ1n) is 5.20. The first-order valence-corrected chi connectivity index (χ1v) is 5.20. The van der Waals surface area contributed by atoms with Gasteiger partial charge in [-0.2, -0.15) is 5.10 Å². The van der Waals surface area contributed by atoms with E-state index in [4.69, 9.17) is 5.73 Å². The van der Waals surface area contributed by atoms with Gasteiger partial charge in [0.05, 0.1) is 12.7 Å². The van der Waals surface area contributed by atoms with E-state index in [1.165, 1.54) is 10.8 Å². The predicted molar refractivity (Wildman–Crippen MR) is 62.7 cm³/mol. The van der Waals surface area contributed by atoms with Crippen LogP contribution in [0.3, 0.4) is 0 Å². The SMILES string of the molecule is CCn1cc(Cn2cc(N)c(=O)[nH]c2=O)cn1. The molecule has 0 unspecified atom stereocenters. The summed E-state index contributed by atoms with van der Waals surface area (Å²) in [5, 5.41) is 4.10. The predicted octanol–water partition coefficient (Wildman–Crippen LogP) is -0.617. The van der Waals surface area contributed by atoms with Crippen LogP contribution in [0.1, 0.15) is 12.5 Å². The molecule has 2 aromatic heterocycles. The van der Waals surface area contributed by atoms with Crippen LogP contribution in [0.15, 0.2) is 28.2 Å². The molecule has 7 nitrogen and oxygen atoms in total. The molecule has 0 saturated carbocycles. The minimum atomic E-state index is -0.560. The third-order valence-electron chi connectivity index (χ3n) is 2.40. The van der Waals surface area contributed by atoms with Crippen molar-refractivity contribution in [3.63, 3.8) is 0 Å². The monoisotopic (exact) mass is 235 g/mol. The summed E-state index contributed by atoms with van der Waals surface area (Å²) >= 11 is 0. The van der Waals surface area contributed by atoms with Gasteiger partial charge in [-0.1, -0.05) is 0 Å². The lowest BCUT2D eigenvalue weighted by Gasteiger charge is -2.03. The van der Waals surface area contributed by atoms with Gasteiger partial charge in [0.1, 0.15) is 5.69 Å². The maximum atomic E-state index is 11.5. The second kappa shape index (κ2) is 4.28. The Balaban J connectivity index is 2.33. The Bertz CT molecular complexity index is 637. The van der Waals surface area contributed by atoms with E-state index >= 15 is 0 Å². The molecule has 0 atom stereocenters. The summed E-state index contributed by atoms with van der Waals surface area (Å²) in [5.74, 6) is 0. The molecule has 0 aliphatic heterocycles. The highest BCUT2D eigenvalue weighted by Gasteiger charge is 2.03. The van der Waals surface area contributed by atoms with Crippen LogP contribution in [0, 0.1) is 0 Å². The van der Waals surface area contributed by atoms with E-state index in [0.29, 0.717) is 6.54 Å². The van der Waals surface area contributed by atoms with Crippen molar-refractivity contribution in [2.45, 2.75) is 20.0 Å². The highest BCUT2D eigenvalue weighted by Crippen LogP contribution is 2.00. The van der Waals surface area contributed by atoms with Gasteiger partial charge in [-0.25, -0.2) is 4.79 Å². The molecule has 0 radical (unpaired) electrons. The zero-order valence-electron chi connectivity index (χ0n) is 9.38. The molecule has 0 aliphatic rings. The van der Waals surface area contributed by atoms with Crippen LogP contribution in [0.5, 0.6) is 0 Å². The van der Waals surface area contributed by atoms with Gasteiger partial charge in [0, 0.05) is 24.5 Å². The Morgan fingerprint density at radius 1 is 1.41 bits per heavy atom. The molecule has 0 amide bonds. The molecule has 7 heteroatoms. The third-order valence-corrected chi connectivity index (χ3v) is 2.40. The van der Waals surface area contributed by atoms with Gasteiger partial charge in [-0.15, -0.1) is 0 Å². The molecular weight excluding hydrogens is 222 g/mol. The summed E-state index contributed by atoms with van der Waals surface area (Å²) in [5.41, 5.74) is 5.31. The Hall–Kier alpha value is -2.31. The van der Waals surface area contributed by atoms with Gasteiger partial charge in [0.15, 0.2) is 0 Å². The topological polar surface area (TPSA) is 98.7 Å². The fraction of sp³-hybridized carbons (Fsp3) is 0.300. The summed E-state index contributed by atoms with van der Waals surface area (Å²) in [6.07, 6.45) is 4.86. The summed E-state index contributed by atoms with van der Waals surface area (Å²) in [4.78, 5) is 24.7.